The molecule has 4 heterocycles. The Morgan fingerprint density at radius 1 is 1.19 bits per heavy atom. The second kappa shape index (κ2) is 7.50. The topological polar surface area (TPSA) is 82.2 Å². The molecule has 142 valence electrons. The molecule has 2 aliphatic rings. The molecule has 2 fully saturated rings. The molecule has 0 saturated carbocycles. The lowest BCUT2D eigenvalue weighted by molar-refractivity contribution is -0.138. The van der Waals surface area contributed by atoms with Crippen molar-refractivity contribution >= 4 is 11.8 Å². The molecule has 0 bridgehead atoms. The van der Waals surface area contributed by atoms with Crippen LogP contribution in [0.5, 0.6) is 0 Å². The van der Waals surface area contributed by atoms with Gasteiger partial charge in [0.1, 0.15) is 0 Å². The van der Waals surface area contributed by atoms with E-state index in [9.17, 15) is 9.59 Å². The zero-order chi connectivity index (χ0) is 18.7. The molecule has 0 aliphatic carbocycles. The number of pyridine rings is 1. The van der Waals surface area contributed by atoms with Crippen molar-refractivity contribution in [2.45, 2.75) is 32.1 Å². The average molecular weight is 367 g/mol. The second-order valence-corrected chi connectivity index (χ2v) is 7.65. The van der Waals surface area contributed by atoms with Crippen LogP contribution >= 0.6 is 0 Å². The summed E-state index contributed by atoms with van der Waals surface area (Å²) < 4.78 is 0. The summed E-state index contributed by atoms with van der Waals surface area (Å²) in [5.41, 5.74) is 1.00. The Kier molecular flexibility index (Phi) is 4.92. The largest absolute Gasteiger partial charge is 0.342 e. The van der Waals surface area contributed by atoms with Crippen molar-refractivity contribution in [1.29, 1.82) is 0 Å². The van der Waals surface area contributed by atoms with Crippen LogP contribution in [-0.2, 0) is 11.2 Å². The van der Waals surface area contributed by atoms with Crippen molar-refractivity contribution in [3.05, 3.63) is 48.3 Å². The number of carbonyl (C=O) groups excluding carboxylic acids is 2. The minimum Gasteiger partial charge on any atom is -0.342 e. The molecule has 0 radical (unpaired) electrons. The first-order valence-corrected chi connectivity index (χ1v) is 9.62. The molecule has 1 atom stereocenters. The Morgan fingerprint density at radius 3 is 2.89 bits per heavy atom. The third-order valence-electron chi connectivity index (χ3n) is 5.76. The number of piperidine rings is 2. The van der Waals surface area contributed by atoms with Crippen LogP contribution in [0.1, 0.15) is 42.0 Å². The van der Waals surface area contributed by atoms with Gasteiger partial charge in [-0.25, -0.2) is 4.98 Å². The Labute approximate surface area is 158 Å². The SMILES string of the molecule is O=C1CC[C@@]2(CCCN(C(=O)c3ncc[nH]3)C2)CN1CCc1ccccn1. The number of hydrogen-bond acceptors (Lipinski definition) is 4. The number of nitrogens with one attached hydrogen (secondary N) is 1. The van der Waals surface area contributed by atoms with E-state index in [2.05, 4.69) is 15.0 Å². The summed E-state index contributed by atoms with van der Waals surface area (Å²) in [7, 11) is 0. The Hall–Kier alpha value is -2.70. The van der Waals surface area contributed by atoms with Crippen LogP contribution in [0.3, 0.4) is 0 Å². The number of aromatic nitrogens is 3. The average Bonchev–Trinajstić information content (AvgIpc) is 3.24. The fourth-order valence-electron chi connectivity index (χ4n) is 4.35. The van der Waals surface area contributed by atoms with Crippen molar-refractivity contribution in [1.82, 2.24) is 24.8 Å². The van der Waals surface area contributed by atoms with Gasteiger partial charge < -0.3 is 14.8 Å². The first kappa shape index (κ1) is 17.7. The summed E-state index contributed by atoms with van der Waals surface area (Å²) in [5.74, 6) is 0.563. The van der Waals surface area contributed by atoms with E-state index in [0.29, 0.717) is 25.3 Å². The predicted molar refractivity (Wildman–Crippen MR) is 99.9 cm³/mol. The summed E-state index contributed by atoms with van der Waals surface area (Å²) in [4.78, 5) is 40.4. The first-order valence-electron chi connectivity index (χ1n) is 9.62. The number of amides is 2. The van der Waals surface area contributed by atoms with E-state index in [1.807, 2.05) is 28.0 Å². The van der Waals surface area contributed by atoms with Crippen LogP contribution in [0, 0.1) is 5.41 Å². The normalized spacial score (nSPS) is 23.0. The van der Waals surface area contributed by atoms with E-state index in [0.717, 1.165) is 44.5 Å². The quantitative estimate of drug-likeness (QED) is 0.895. The highest BCUT2D eigenvalue weighted by Gasteiger charge is 2.42. The highest BCUT2D eigenvalue weighted by atomic mass is 16.2. The number of likely N-dealkylation sites (tertiary alicyclic amines) is 2. The smallest absolute Gasteiger partial charge is 0.289 e. The number of imidazole rings is 1. The van der Waals surface area contributed by atoms with Gasteiger partial charge in [-0.15, -0.1) is 0 Å². The van der Waals surface area contributed by atoms with E-state index in [4.69, 9.17) is 0 Å². The van der Waals surface area contributed by atoms with Gasteiger partial charge in [0.25, 0.3) is 5.91 Å². The lowest BCUT2D eigenvalue weighted by atomic mass is 9.73. The molecule has 2 aromatic rings. The number of nitrogens with zero attached hydrogens (tertiary/aromatic N) is 4. The lowest BCUT2D eigenvalue weighted by Crippen LogP contribution is -2.55. The van der Waals surface area contributed by atoms with E-state index < -0.39 is 0 Å². The van der Waals surface area contributed by atoms with Crippen molar-refractivity contribution in [2.24, 2.45) is 5.41 Å². The maximum atomic E-state index is 12.7. The summed E-state index contributed by atoms with van der Waals surface area (Å²) >= 11 is 0. The van der Waals surface area contributed by atoms with Gasteiger partial charge in [0.15, 0.2) is 5.82 Å². The van der Waals surface area contributed by atoms with Gasteiger partial charge in [-0.05, 0) is 31.4 Å². The van der Waals surface area contributed by atoms with E-state index in [1.165, 1.54) is 0 Å². The summed E-state index contributed by atoms with van der Waals surface area (Å²) in [6.45, 7) is 2.85. The van der Waals surface area contributed by atoms with Gasteiger partial charge in [-0.3, -0.25) is 14.6 Å². The van der Waals surface area contributed by atoms with E-state index in [-0.39, 0.29) is 17.2 Å². The number of hydrogen-bond donors (Lipinski definition) is 1. The molecule has 7 nitrogen and oxygen atoms in total. The van der Waals surface area contributed by atoms with Gasteiger partial charge in [-0.1, -0.05) is 6.07 Å². The molecule has 2 aromatic heterocycles. The molecule has 0 aromatic carbocycles. The fraction of sp³-hybridized carbons (Fsp3) is 0.500. The van der Waals surface area contributed by atoms with Crippen LogP contribution in [0.4, 0.5) is 0 Å². The van der Waals surface area contributed by atoms with Crippen molar-refractivity contribution < 1.29 is 9.59 Å². The molecular formula is C20H25N5O2. The van der Waals surface area contributed by atoms with Crippen LogP contribution < -0.4 is 0 Å². The third kappa shape index (κ3) is 3.86. The number of carbonyl (C=O) groups is 2. The van der Waals surface area contributed by atoms with Gasteiger partial charge in [-0.2, -0.15) is 0 Å². The minimum atomic E-state index is -0.0454. The highest BCUT2D eigenvalue weighted by molar-refractivity contribution is 5.90. The van der Waals surface area contributed by atoms with Crippen LogP contribution in [0.25, 0.3) is 0 Å². The summed E-state index contributed by atoms with van der Waals surface area (Å²) in [6.07, 6.45) is 9.26. The molecule has 2 aliphatic heterocycles. The summed E-state index contributed by atoms with van der Waals surface area (Å²) in [6, 6.07) is 5.87. The summed E-state index contributed by atoms with van der Waals surface area (Å²) in [5, 5.41) is 0. The molecule has 27 heavy (non-hydrogen) atoms. The van der Waals surface area contributed by atoms with Gasteiger partial charge in [0, 0.05) is 68.7 Å². The highest BCUT2D eigenvalue weighted by Crippen LogP contribution is 2.39. The van der Waals surface area contributed by atoms with Gasteiger partial charge in [0.05, 0.1) is 0 Å². The van der Waals surface area contributed by atoms with Crippen LogP contribution in [-0.4, -0.2) is 62.7 Å². The molecule has 1 spiro atoms. The standard InChI is InChI=1S/C20H25N5O2/c26-17-5-8-20(14-24(17)13-6-16-4-1-2-9-21-16)7-3-12-25(15-20)19(27)18-22-10-11-23-18/h1-2,4,9-11H,3,5-8,12-15H2,(H,22,23)/t20-/m0/s1. The first-order chi connectivity index (χ1) is 13.2. The maximum absolute atomic E-state index is 12.7. The molecule has 2 amide bonds. The molecule has 7 heteroatoms. The van der Waals surface area contributed by atoms with Crippen molar-refractivity contribution in [2.75, 3.05) is 26.2 Å². The Morgan fingerprint density at radius 2 is 2.11 bits per heavy atom. The number of rotatable bonds is 4. The fourth-order valence-corrected chi connectivity index (χ4v) is 4.35. The zero-order valence-electron chi connectivity index (χ0n) is 15.4. The maximum Gasteiger partial charge on any atom is 0.289 e. The van der Waals surface area contributed by atoms with Crippen molar-refractivity contribution in [3.63, 3.8) is 0 Å². The van der Waals surface area contributed by atoms with E-state index >= 15 is 0 Å². The predicted octanol–water partition coefficient (Wildman–Crippen LogP) is 1.89. The van der Waals surface area contributed by atoms with Gasteiger partial charge >= 0.3 is 0 Å². The van der Waals surface area contributed by atoms with Crippen molar-refractivity contribution in [3.8, 4) is 0 Å². The lowest BCUT2D eigenvalue weighted by Gasteiger charge is -2.48. The molecule has 2 saturated heterocycles. The van der Waals surface area contributed by atoms with Crippen LogP contribution in [0.2, 0.25) is 0 Å². The minimum absolute atomic E-state index is 0.00146. The zero-order valence-corrected chi connectivity index (χ0v) is 15.4. The third-order valence-corrected chi connectivity index (χ3v) is 5.76. The van der Waals surface area contributed by atoms with Gasteiger partial charge in [0.2, 0.25) is 5.91 Å². The van der Waals surface area contributed by atoms with E-state index in [1.54, 1.807) is 18.6 Å². The monoisotopic (exact) mass is 367 g/mol. The number of H-pyrrole nitrogens is 1. The van der Waals surface area contributed by atoms with Crippen LogP contribution in [0.15, 0.2) is 36.8 Å². The Balaban J connectivity index is 1.42. The molecule has 1 N–H and O–H groups in total. The Bertz CT molecular complexity index is 792. The molecule has 0 unspecified atom stereocenters. The molecule has 4 rings (SSSR count). The molecular weight excluding hydrogens is 342 g/mol. The second-order valence-electron chi connectivity index (χ2n) is 7.65. The number of aromatic amines is 1.